The number of esters is 1. The molecule has 0 spiro atoms. The summed E-state index contributed by atoms with van der Waals surface area (Å²) in [6, 6.07) is 12.6. The summed E-state index contributed by atoms with van der Waals surface area (Å²) in [4.78, 5) is 11.8. The van der Waals surface area contributed by atoms with Gasteiger partial charge in [-0.25, -0.2) is 4.79 Å². The van der Waals surface area contributed by atoms with Gasteiger partial charge in [0.05, 0.1) is 12.7 Å². The number of benzene rings is 2. The van der Waals surface area contributed by atoms with E-state index in [1.54, 1.807) is 31.4 Å². The van der Waals surface area contributed by atoms with Crippen molar-refractivity contribution in [2.45, 2.75) is 6.10 Å². The Morgan fingerprint density at radius 2 is 1.95 bits per heavy atom. The summed E-state index contributed by atoms with van der Waals surface area (Å²) in [5.74, 6) is 0.335. The molecule has 0 saturated carbocycles. The average Bonchev–Trinajstić information content (AvgIpc) is 2.77. The lowest BCUT2D eigenvalue weighted by molar-refractivity contribution is 0.0452. The number of rotatable bonds is 2. The zero-order valence-corrected chi connectivity index (χ0v) is 11.0. The maximum atomic E-state index is 11.8. The number of halogens is 1. The van der Waals surface area contributed by atoms with Crippen molar-refractivity contribution < 1.29 is 14.3 Å². The Labute approximate surface area is 115 Å². The van der Waals surface area contributed by atoms with Crippen LogP contribution in [0.15, 0.2) is 42.5 Å². The van der Waals surface area contributed by atoms with Crippen LogP contribution in [0.3, 0.4) is 0 Å². The first-order chi connectivity index (χ1) is 9.20. The van der Waals surface area contributed by atoms with Gasteiger partial charge in [0.1, 0.15) is 5.75 Å². The van der Waals surface area contributed by atoms with Crippen molar-refractivity contribution in [3.63, 3.8) is 0 Å². The van der Waals surface area contributed by atoms with E-state index in [2.05, 4.69) is 0 Å². The summed E-state index contributed by atoms with van der Waals surface area (Å²) in [7, 11) is 1.58. The second-order valence-electron chi connectivity index (χ2n) is 4.26. The minimum Gasteiger partial charge on any atom is -0.496 e. The first kappa shape index (κ1) is 12.1. The number of fused-ring (bicyclic) bond motifs is 1. The van der Waals surface area contributed by atoms with E-state index in [-0.39, 0.29) is 5.97 Å². The highest BCUT2D eigenvalue weighted by atomic mass is 35.5. The molecule has 0 aromatic heterocycles. The van der Waals surface area contributed by atoms with E-state index in [1.165, 1.54) is 0 Å². The molecule has 19 heavy (non-hydrogen) atoms. The van der Waals surface area contributed by atoms with Gasteiger partial charge in [0.2, 0.25) is 0 Å². The summed E-state index contributed by atoms with van der Waals surface area (Å²) < 4.78 is 10.8. The second kappa shape index (κ2) is 4.59. The lowest BCUT2D eigenvalue weighted by atomic mass is 9.98. The van der Waals surface area contributed by atoms with E-state index < -0.39 is 6.10 Å². The van der Waals surface area contributed by atoms with Gasteiger partial charge in [0.15, 0.2) is 6.10 Å². The first-order valence-corrected chi connectivity index (χ1v) is 6.22. The smallest absolute Gasteiger partial charge is 0.339 e. The number of hydrogen-bond acceptors (Lipinski definition) is 3. The maximum absolute atomic E-state index is 11.8. The van der Waals surface area contributed by atoms with Gasteiger partial charge in [-0.15, -0.1) is 0 Å². The van der Waals surface area contributed by atoms with Crippen LogP contribution in [0.4, 0.5) is 0 Å². The Kier molecular flexibility index (Phi) is 2.91. The van der Waals surface area contributed by atoms with Gasteiger partial charge in [-0.05, 0) is 24.3 Å². The second-order valence-corrected chi connectivity index (χ2v) is 4.70. The molecule has 0 fully saturated rings. The van der Waals surface area contributed by atoms with Crippen LogP contribution in [0.5, 0.6) is 5.75 Å². The molecule has 1 heterocycles. The molecule has 2 aromatic rings. The van der Waals surface area contributed by atoms with Crippen molar-refractivity contribution in [3.05, 3.63) is 64.2 Å². The molecule has 96 valence electrons. The van der Waals surface area contributed by atoms with Crippen LogP contribution in [0.2, 0.25) is 5.02 Å². The Balaban J connectivity index is 2.14. The molecule has 1 aliphatic heterocycles. The summed E-state index contributed by atoms with van der Waals surface area (Å²) in [6.07, 6.45) is -0.461. The van der Waals surface area contributed by atoms with E-state index in [0.29, 0.717) is 16.3 Å². The molecular formula is C15H11ClO3. The Morgan fingerprint density at radius 1 is 1.16 bits per heavy atom. The van der Waals surface area contributed by atoms with Crippen molar-refractivity contribution in [1.82, 2.24) is 0 Å². The zero-order chi connectivity index (χ0) is 13.4. The van der Waals surface area contributed by atoms with Crippen molar-refractivity contribution in [2.75, 3.05) is 7.11 Å². The van der Waals surface area contributed by atoms with Crippen LogP contribution >= 0.6 is 11.6 Å². The summed E-state index contributed by atoms with van der Waals surface area (Å²) >= 11 is 6.02. The standard InChI is InChI=1S/C15H11ClO3/c1-18-13-7-6-9(16)8-12(13)14-10-4-2-3-5-11(10)15(17)19-14/h2-8,14H,1H3. The van der Waals surface area contributed by atoms with Crippen molar-refractivity contribution in [1.29, 1.82) is 0 Å². The monoisotopic (exact) mass is 274 g/mol. The maximum Gasteiger partial charge on any atom is 0.339 e. The lowest BCUT2D eigenvalue weighted by Gasteiger charge is -2.15. The van der Waals surface area contributed by atoms with Gasteiger partial charge in [-0.1, -0.05) is 29.8 Å². The molecule has 1 atom stereocenters. The van der Waals surface area contributed by atoms with Gasteiger partial charge < -0.3 is 9.47 Å². The van der Waals surface area contributed by atoms with E-state index in [4.69, 9.17) is 21.1 Å². The molecule has 1 aliphatic rings. The average molecular weight is 275 g/mol. The molecule has 3 rings (SSSR count). The topological polar surface area (TPSA) is 35.5 Å². The van der Waals surface area contributed by atoms with E-state index in [1.807, 2.05) is 18.2 Å². The molecule has 2 aromatic carbocycles. The molecule has 4 heteroatoms. The lowest BCUT2D eigenvalue weighted by Crippen LogP contribution is -2.03. The van der Waals surface area contributed by atoms with Crippen LogP contribution in [0.25, 0.3) is 0 Å². The van der Waals surface area contributed by atoms with Gasteiger partial charge in [0, 0.05) is 16.1 Å². The van der Waals surface area contributed by atoms with Crippen molar-refractivity contribution in [3.8, 4) is 5.75 Å². The highest BCUT2D eigenvalue weighted by Crippen LogP contribution is 2.40. The van der Waals surface area contributed by atoms with Crippen molar-refractivity contribution >= 4 is 17.6 Å². The third-order valence-corrected chi connectivity index (χ3v) is 3.40. The molecule has 0 saturated heterocycles. The number of methoxy groups -OCH3 is 1. The quantitative estimate of drug-likeness (QED) is 0.785. The molecule has 0 radical (unpaired) electrons. The highest BCUT2D eigenvalue weighted by Gasteiger charge is 2.33. The molecule has 1 unspecified atom stereocenters. The number of ether oxygens (including phenoxy) is 2. The fourth-order valence-corrected chi connectivity index (χ4v) is 2.47. The van der Waals surface area contributed by atoms with Crippen LogP contribution in [0, 0.1) is 0 Å². The third kappa shape index (κ3) is 1.96. The predicted molar refractivity (Wildman–Crippen MR) is 71.7 cm³/mol. The third-order valence-electron chi connectivity index (χ3n) is 3.16. The molecule has 0 amide bonds. The number of carbonyl (C=O) groups is 1. The predicted octanol–water partition coefficient (Wildman–Crippen LogP) is 3.61. The number of carbonyl (C=O) groups excluding carboxylic acids is 1. The fraction of sp³-hybridized carbons (Fsp3) is 0.133. The Morgan fingerprint density at radius 3 is 2.74 bits per heavy atom. The first-order valence-electron chi connectivity index (χ1n) is 5.84. The van der Waals surface area contributed by atoms with Crippen LogP contribution < -0.4 is 4.74 Å². The van der Waals surface area contributed by atoms with Gasteiger partial charge in [0.25, 0.3) is 0 Å². The SMILES string of the molecule is COc1ccc(Cl)cc1C1OC(=O)c2ccccc21. The summed E-state index contributed by atoms with van der Waals surface area (Å²) in [5.41, 5.74) is 2.19. The van der Waals surface area contributed by atoms with E-state index >= 15 is 0 Å². The molecular weight excluding hydrogens is 264 g/mol. The van der Waals surface area contributed by atoms with E-state index in [9.17, 15) is 4.79 Å². The van der Waals surface area contributed by atoms with Crippen LogP contribution in [0.1, 0.15) is 27.6 Å². The zero-order valence-electron chi connectivity index (χ0n) is 10.2. The number of hydrogen-bond donors (Lipinski definition) is 0. The molecule has 3 nitrogen and oxygen atoms in total. The molecule has 0 N–H and O–H groups in total. The number of cyclic esters (lactones) is 1. The summed E-state index contributed by atoms with van der Waals surface area (Å²) in [6.45, 7) is 0. The fourth-order valence-electron chi connectivity index (χ4n) is 2.29. The van der Waals surface area contributed by atoms with Gasteiger partial charge in [-0.3, -0.25) is 0 Å². The highest BCUT2D eigenvalue weighted by molar-refractivity contribution is 6.30. The molecule has 0 bridgehead atoms. The van der Waals surface area contributed by atoms with Crippen LogP contribution in [-0.4, -0.2) is 13.1 Å². The Hall–Kier alpha value is -2.00. The normalized spacial score (nSPS) is 16.9. The summed E-state index contributed by atoms with van der Waals surface area (Å²) in [5, 5.41) is 0.580. The minimum absolute atomic E-state index is 0.317. The largest absolute Gasteiger partial charge is 0.496 e. The Bertz CT molecular complexity index is 652. The van der Waals surface area contributed by atoms with Gasteiger partial charge in [-0.2, -0.15) is 0 Å². The van der Waals surface area contributed by atoms with E-state index in [0.717, 1.165) is 11.1 Å². The van der Waals surface area contributed by atoms with Gasteiger partial charge >= 0.3 is 5.97 Å². The minimum atomic E-state index is -0.461. The van der Waals surface area contributed by atoms with Crippen LogP contribution in [-0.2, 0) is 4.74 Å². The van der Waals surface area contributed by atoms with Crippen molar-refractivity contribution in [2.24, 2.45) is 0 Å². The molecule has 0 aliphatic carbocycles.